The maximum absolute atomic E-state index is 11.9. The Bertz CT molecular complexity index is 549. The highest BCUT2D eigenvalue weighted by Crippen LogP contribution is 2.17. The maximum Gasteiger partial charge on any atom is 0.343 e. The lowest BCUT2D eigenvalue weighted by atomic mass is 10.2. The number of aliphatic hydroxyl groups excluding tert-OH is 1. The van der Waals surface area contributed by atoms with Gasteiger partial charge >= 0.3 is 5.97 Å². The molecule has 0 aromatic heterocycles. The second-order valence-corrected chi connectivity index (χ2v) is 3.95. The summed E-state index contributed by atoms with van der Waals surface area (Å²) in [5, 5.41) is 9.13. The first kappa shape index (κ1) is 13.1. The van der Waals surface area contributed by atoms with Gasteiger partial charge in [0.15, 0.2) is 6.29 Å². The van der Waals surface area contributed by atoms with E-state index in [1.54, 1.807) is 42.5 Å². The molecule has 2 rings (SSSR count). The Morgan fingerprint density at radius 1 is 1.05 bits per heavy atom. The van der Waals surface area contributed by atoms with E-state index in [0.29, 0.717) is 17.1 Å². The average Bonchev–Trinajstić information content (AvgIpc) is 2.39. The number of carbonyl (C=O) groups excluding carboxylic acids is 1. The predicted molar refractivity (Wildman–Crippen MR) is 70.2 cm³/mol. The van der Waals surface area contributed by atoms with Crippen LogP contribution in [0.1, 0.15) is 17.3 Å². The Kier molecular flexibility index (Phi) is 4.15. The lowest BCUT2D eigenvalue weighted by Crippen LogP contribution is -2.11. The van der Waals surface area contributed by atoms with Crippen LogP contribution in [0.15, 0.2) is 54.6 Å². The Hall–Kier alpha value is -2.33. The van der Waals surface area contributed by atoms with E-state index in [1.807, 2.05) is 6.07 Å². The van der Waals surface area contributed by atoms with Crippen molar-refractivity contribution in [2.75, 3.05) is 0 Å². The van der Waals surface area contributed by atoms with E-state index in [4.69, 9.17) is 14.6 Å². The van der Waals surface area contributed by atoms with Gasteiger partial charge in [0.25, 0.3) is 0 Å². The highest BCUT2D eigenvalue weighted by atomic mass is 16.6. The molecule has 1 atom stereocenters. The third-order valence-electron chi connectivity index (χ3n) is 2.33. The van der Waals surface area contributed by atoms with Crippen molar-refractivity contribution in [2.45, 2.75) is 13.2 Å². The second kappa shape index (κ2) is 6.02. The highest BCUT2D eigenvalue weighted by molar-refractivity contribution is 5.91. The van der Waals surface area contributed by atoms with Crippen LogP contribution in [0, 0.1) is 0 Å². The van der Waals surface area contributed by atoms with E-state index >= 15 is 0 Å². The largest absolute Gasteiger partial charge is 0.465 e. The summed E-state index contributed by atoms with van der Waals surface area (Å²) >= 11 is 0. The number of hydrogen-bond acceptors (Lipinski definition) is 4. The molecule has 0 saturated heterocycles. The summed E-state index contributed by atoms with van der Waals surface area (Å²) in [6, 6.07) is 15.3. The number of esters is 1. The van der Waals surface area contributed by atoms with Gasteiger partial charge in [0, 0.05) is 0 Å². The lowest BCUT2D eigenvalue weighted by Gasteiger charge is -2.09. The summed E-state index contributed by atoms with van der Waals surface area (Å²) in [4.78, 5) is 11.9. The number of aliphatic hydroxyl groups is 1. The molecule has 1 N–H and O–H groups in total. The van der Waals surface area contributed by atoms with Gasteiger partial charge in [-0.15, -0.1) is 0 Å². The van der Waals surface area contributed by atoms with Gasteiger partial charge in [-0.05, 0) is 37.3 Å². The molecule has 0 amide bonds. The summed E-state index contributed by atoms with van der Waals surface area (Å²) < 4.78 is 10.3. The van der Waals surface area contributed by atoms with E-state index < -0.39 is 12.3 Å². The van der Waals surface area contributed by atoms with E-state index in [0.717, 1.165) is 0 Å². The Labute approximate surface area is 111 Å². The molecule has 0 saturated carbocycles. The molecular weight excluding hydrogens is 244 g/mol. The van der Waals surface area contributed by atoms with Crippen LogP contribution >= 0.6 is 0 Å². The van der Waals surface area contributed by atoms with E-state index in [-0.39, 0.29) is 0 Å². The Morgan fingerprint density at radius 2 is 1.74 bits per heavy atom. The zero-order chi connectivity index (χ0) is 13.7. The van der Waals surface area contributed by atoms with Crippen LogP contribution in [0.3, 0.4) is 0 Å². The van der Waals surface area contributed by atoms with Crippen LogP contribution in [0.4, 0.5) is 0 Å². The molecule has 2 aromatic carbocycles. The molecule has 0 aliphatic heterocycles. The van der Waals surface area contributed by atoms with E-state index in [1.165, 1.54) is 13.0 Å². The maximum atomic E-state index is 11.9. The topological polar surface area (TPSA) is 55.8 Å². The zero-order valence-electron chi connectivity index (χ0n) is 10.4. The minimum absolute atomic E-state index is 0.363. The first-order valence-electron chi connectivity index (χ1n) is 5.87. The summed E-state index contributed by atoms with van der Waals surface area (Å²) in [5.74, 6) is 0.425. The fourth-order valence-corrected chi connectivity index (χ4v) is 1.55. The standard InChI is InChI=1S/C15H14O4/c1-11(16)18-14-9-5-6-12(10-14)15(17)19-13-7-3-2-4-8-13/h2-11,16H,1H3. The van der Waals surface area contributed by atoms with Crippen molar-refractivity contribution in [2.24, 2.45) is 0 Å². The van der Waals surface area contributed by atoms with Crippen molar-refractivity contribution in [1.29, 1.82) is 0 Å². The van der Waals surface area contributed by atoms with Crippen LogP contribution in [0.2, 0.25) is 0 Å². The van der Waals surface area contributed by atoms with Crippen LogP contribution < -0.4 is 9.47 Å². The van der Waals surface area contributed by atoms with Gasteiger partial charge in [-0.1, -0.05) is 24.3 Å². The van der Waals surface area contributed by atoms with E-state index in [2.05, 4.69) is 0 Å². The second-order valence-electron chi connectivity index (χ2n) is 3.95. The van der Waals surface area contributed by atoms with Crippen LogP contribution in [0.25, 0.3) is 0 Å². The van der Waals surface area contributed by atoms with Gasteiger partial charge < -0.3 is 14.6 Å². The number of rotatable bonds is 4. The van der Waals surface area contributed by atoms with E-state index in [9.17, 15) is 4.79 Å². The first-order valence-corrected chi connectivity index (χ1v) is 5.87. The molecule has 1 unspecified atom stereocenters. The lowest BCUT2D eigenvalue weighted by molar-refractivity contribution is -0.000411. The Morgan fingerprint density at radius 3 is 2.42 bits per heavy atom. The van der Waals surface area contributed by atoms with Crippen molar-refractivity contribution in [3.8, 4) is 11.5 Å². The predicted octanol–water partition coefficient (Wildman–Crippen LogP) is 2.62. The van der Waals surface area contributed by atoms with Crippen molar-refractivity contribution in [3.63, 3.8) is 0 Å². The number of ether oxygens (including phenoxy) is 2. The Balaban J connectivity index is 2.11. The van der Waals surface area contributed by atoms with Crippen LogP contribution in [-0.4, -0.2) is 17.4 Å². The van der Waals surface area contributed by atoms with Crippen molar-refractivity contribution in [3.05, 3.63) is 60.2 Å². The molecule has 0 fully saturated rings. The number of benzene rings is 2. The summed E-state index contributed by atoms with van der Waals surface area (Å²) in [6.07, 6.45) is -0.930. The highest BCUT2D eigenvalue weighted by Gasteiger charge is 2.10. The summed E-state index contributed by atoms with van der Waals surface area (Å²) in [7, 11) is 0. The quantitative estimate of drug-likeness (QED) is 0.520. The van der Waals surface area contributed by atoms with Gasteiger partial charge in [-0.3, -0.25) is 0 Å². The summed E-state index contributed by atoms with van der Waals surface area (Å²) in [5.41, 5.74) is 0.363. The normalized spacial score (nSPS) is 11.7. The van der Waals surface area contributed by atoms with Gasteiger partial charge in [-0.25, -0.2) is 4.79 Å². The fraction of sp³-hybridized carbons (Fsp3) is 0.133. The third-order valence-corrected chi connectivity index (χ3v) is 2.33. The zero-order valence-corrected chi connectivity index (χ0v) is 10.4. The third kappa shape index (κ3) is 3.82. The van der Waals surface area contributed by atoms with Crippen LogP contribution in [-0.2, 0) is 0 Å². The molecule has 0 spiro atoms. The minimum atomic E-state index is -0.930. The molecule has 0 heterocycles. The molecule has 0 bridgehead atoms. The number of carbonyl (C=O) groups is 1. The average molecular weight is 258 g/mol. The molecular formula is C15H14O4. The monoisotopic (exact) mass is 258 g/mol. The molecule has 4 nitrogen and oxygen atoms in total. The molecule has 4 heteroatoms. The number of hydrogen-bond donors (Lipinski definition) is 1. The molecule has 98 valence electrons. The SMILES string of the molecule is CC(O)Oc1cccc(C(=O)Oc2ccccc2)c1. The van der Waals surface area contributed by atoms with Gasteiger partial charge in [0.1, 0.15) is 11.5 Å². The van der Waals surface area contributed by atoms with Gasteiger partial charge in [0.05, 0.1) is 5.56 Å². The van der Waals surface area contributed by atoms with Crippen LogP contribution in [0.5, 0.6) is 11.5 Å². The molecule has 0 radical (unpaired) electrons. The smallest absolute Gasteiger partial charge is 0.343 e. The number of para-hydroxylation sites is 1. The van der Waals surface area contributed by atoms with Crippen molar-refractivity contribution >= 4 is 5.97 Å². The molecule has 2 aromatic rings. The minimum Gasteiger partial charge on any atom is -0.465 e. The molecule has 0 aliphatic carbocycles. The van der Waals surface area contributed by atoms with Gasteiger partial charge in [0.2, 0.25) is 0 Å². The van der Waals surface area contributed by atoms with Crippen molar-refractivity contribution in [1.82, 2.24) is 0 Å². The van der Waals surface area contributed by atoms with Gasteiger partial charge in [-0.2, -0.15) is 0 Å². The fourth-order valence-electron chi connectivity index (χ4n) is 1.55. The van der Waals surface area contributed by atoms with Crippen molar-refractivity contribution < 1.29 is 19.4 Å². The summed E-state index contributed by atoms with van der Waals surface area (Å²) in [6.45, 7) is 1.50. The molecule has 19 heavy (non-hydrogen) atoms. The molecule has 0 aliphatic rings. The first-order chi connectivity index (χ1) is 9.15.